The minimum absolute atomic E-state index is 0. The van der Waals surface area contributed by atoms with Gasteiger partial charge in [-0.2, -0.15) is 0 Å². The van der Waals surface area contributed by atoms with Crippen molar-refractivity contribution in [1.29, 1.82) is 0 Å². The highest BCUT2D eigenvalue weighted by Crippen LogP contribution is 2.22. The second-order valence-electron chi connectivity index (χ2n) is 8.07. The van der Waals surface area contributed by atoms with Crippen LogP contribution in [-0.4, -0.2) is 36.0 Å². The van der Waals surface area contributed by atoms with Crippen LogP contribution in [0.5, 0.6) is 0 Å². The summed E-state index contributed by atoms with van der Waals surface area (Å²) in [6, 6.07) is 8.61. The van der Waals surface area contributed by atoms with Crippen LogP contribution in [-0.2, 0) is 25.0 Å². The lowest BCUT2D eigenvalue weighted by molar-refractivity contribution is 0.345. The summed E-state index contributed by atoms with van der Waals surface area (Å²) in [5.41, 5.74) is 2.47. The van der Waals surface area contributed by atoms with Gasteiger partial charge in [0.1, 0.15) is 5.76 Å². The number of hydrogen-bond donors (Lipinski definition) is 2. The van der Waals surface area contributed by atoms with Crippen LogP contribution >= 0.6 is 24.0 Å². The lowest BCUT2D eigenvalue weighted by Crippen LogP contribution is -2.36. The smallest absolute Gasteiger partial charge is 0.213 e. The van der Waals surface area contributed by atoms with Crippen LogP contribution in [0, 0.1) is 0 Å². The van der Waals surface area contributed by atoms with Gasteiger partial charge in [-0.1, -0.05) is 52.0 Å². The quantitative estimate of drug-likeness (QED) is 0.313. The average molecular weight is 513 g/mol. The number of rotatable bonds is 8. The summed E-state index contributed by atoms with van der Waals surface area (Å²) in [7, 11) is 2.13. The highest BCUT2D eigenvalue weighted by molar-refractivity contribution is 14.0. The molecule has 1 heterocycles. The van der Waals surface area contributed by atoms with Crippen LogP contribution in [0.3, 0.4) is 0 Å². The van der Waals surface area contributed by atoms with Gasteiger partial charge in [-0.15, -0.1) is 24.0 Å². The van der Waals surface area contributed by atoms with Crippen molar-refractivity contribution in [2.45, 2.75) is 59.7 Å². The van der Waals surface area contributed by atoms with E-state index in [1.54, 1.807) is 6.20 Å². The van der Waals surface area contributed by atoms with E-state index in [4.69, 9.17) is 9.41 Å². The highest BCUT2D eigenvalue weighted by Gasteiger charge is 2.19. The minimum Gasteiger partial charge on any atom is -0.443 e. The summed E-state index contributed by atoms with van der Waals surface area (Å²) in [4.78, 5) is 11.4. The largest absolute Gasteiger partial charge is 0.443 e. The van der Waals surface area contributed by atoms with E-state index in [-0.39, 0.29) is 29.4 Å². The van der Waals surface area contributed by atoms with E-state index in [2.05, 4.69) is 86.4 Å². The van der Waals surface area contributed by atoms with Crippen molar-refractivity contribution < 1.29 is 4.42 Å². The summed E-state index contributed by atoms with van der Waals surface area (Å²) in [6.45, 7) is 14.5. The molecule has 0 unspecified atom stereocenters. The van der Waals surface area contributed by atoms with Gasteiger partial charge in [0.15, 0.2) is 5.96 Å². The molecule has 0 amide bonds. The predicted molar refractivity (Wildman–Crippen MR) is 131 cm³/mol. The van der Waals surface area contributed by atoms with Crippen molar-refractivity contribution in [3.05, 3.63) is 53.2 Å². The molecule has 7 heteroatoms. The zero-order valence-corrected chi connectivity index (χ0v) is 20.9. The number of aromatic nitrogens is 1. The molecule has 0 spiro atoms. The van der Waals surface area contributed by atoms with Gasteiger partial charge in [-0.25, -0.2) is 9.98 Å². The zero-order chi connectivity index (χ0) is 20.6. The maximum absolute atomic E-state index is 5.84. The van der Waals surface area contributed by atoms with Crippen LogP contribution in [0.1, 0.15) is 57.4 Å². The molecule has 2 aromatic rings. The van der Waals surface area contributed by atoms with Gasteiger partial charge in [0, 0.05) is 18.5 Å². The van der Waals surface area contributed by atoms with Gasteiger partial charge in [-0.05, 0) is 31.6 Å². The molecule has 0 radical (unpaired) electrons. The monoisotopic (exact) mass is 513 g/mol. The van der Waals surface area contributed by atoms with Crippen molar-refractivity contribution >= 4 is 29.9 Å². The first-order valence-corrected chi connectivity index (χ1v) is 10.1. The molecule has 6 nitrogen and oxygen atoms in total. The molecule has 0 aliphatic rings. The number of hydrogen-bond acceptors (Lipinski definition) is 4. The molecule has 29 heavy (non-hydrogen) atoms. The van der Waals surface area contributed by atoms with Crippen molar-refractivity contribution in [3.8, 4) is 0 Å². The van der Waals surface area contributed by atoms with E-state index in [1.807, 2.05) is 0 Å². The molecule has 0 saturated carbocycles. The maximum Gasteiger partial charge on any atom is 0.213 e. The third-order valence-corrected chi connectivity index (χ3v) is 4.45. The van der Waals surface area contributed by atoms with E-state index in [1.165, 1.54) is 11.1 Å². The van der Waals surface area contributed by atoms with Crippen LogP contribution in [0.15, 0.2) is 39.9 Å². The fourth-order valence-corrected chi connectivity index (χ4v) is 2.66. The Hall–Kier alpha value is -1.61. The van der Waals surface area contributed by atoms with Crippen molar-refractivity contribution in [2.24, 2.45) is 4.99 Å². The Balaban J connectivity index is 0.00000420. The first kappa shape index (κ1) is 25.4. The molecule has 2 N–H and O–H groups in total. The topological polar surface area (TPSA) is 65.7 Å². The fourth-order valence-electron chi connectivity index (χ4n) is 2.66. The van der Waals surface area contributed by atoms with Crippen molar-refractivity contribution in [2.75, 3.05) is 20.1 Å². The number of oxazole rings is 1. The molecular formula is C22H36IN5O. The molecule has 0 fully saturated rings. The lowest BCUT2D eigenvalue weighted by atomic mass is 9.94. The average Bonchev–Trinajstić information content (AvgIpc) is 3.14. The Morgan fingerprint density at radius 2 is 1.90 bits per heavy atom. The van der Waals surface area contributed by atoms with E-state index in [0.29, 0.717) is 19.0 Å². The first-order chi connectivity index (χ1) is 13.3. The lowest BCUT2D eigenvalue weighted by Gasteiger charge is -2.14. The molecule has 0 atom stereocenters. The van der Waals surface area contributed by atoms with E-state index in [0.717, 1.165) is 31.4 Å². The van der Waals surface area contributed by atoms with Gasteiger partial charge in [0.05, 0.1) is 19.3 Å². The molecule has 0 aliphatic heterocycles. The number of benzene rings is 1. The van der Waals surface area contributed by atoms with Gasteiger partial charge in [-0.3, -0.25) is 0 Å². The molecule has 0 aliphatic carbocycles. The molecular weight excluding hydrogens is 477 g/mol. The SMILES string of the molecule is CCNC(=NCc1cccc(CN(C)CC)c1)NCc1ncc(C(C)(C)C)o1.I. The van der Waals surface area contributed by atoms with Crippen LogP contribution in [0.4, 0.5) is 0 Å². The fraction of sp³-hybridized carbons (Fsp3) is 0.545. The Bertz CT molecular complexity index is 767. The summed E-state index contributed by atoms with van der Waals surface area (Å²) < 4.78 is 5.84. The van der Waals surface area contributed by atoms with E-state index < -0.39 is 0 Å². The molecule has 0 bridgehead atoms. The van der Waals surface area contributed by atoms with Gasteiger partial charge in [0.25, 0.3) is 0 Å². The maximum atomic E-state index is 5.84. The van der Waals surface area contributed by atoms with Gasteiger partial charge < -0.3 is 20.0 Å². The summed E-state index contributed by atoms with van der Waals surface area (Å²) in [6.07, 6.45) is 1.81. The van der Waals surface area contributed by atoms with E-state index >= 15 is 0 Å². The Labute approximate surface area is 192 Å². The Kier molecular flexibility index (Phi) is 10.7. The standard InChI is InChI=1S/C22H35N5O.HI/c1-7-23-21(26-15-20-24-14-19(28-20)22(3,4)5)25-13-17-10-9-11-18(12-17)16-27(6)8-2;/h9-12,14H,7-8,13,15-16H2,1-6H3,(H2,23,25,26);1H. The predicted octanol–water partition coefficient (Wildman–Crippen LogP) is 4.30. The highest BCUT2D eigenvalue weighted by atomic mass is 127. The number of guanidine groups is 1. The van der Waals surface area contributed by atoms with Crippen LogP contribution in [0.25, 0.3) is 0 Å². The van der Waals surface area contributed by atoms with Crippen molar-refractivity contribution in [1.82, 2.24) is 20.5 Å². The second-order valence-corrected chi connectivity index (χ2v) is 8.07. The second kappa shape index (κ2) is 12.2. The number of aliphatic imine (C=N–C) groups is 1. The van der Waals surface area contributed by atoms with Crippen molar-refractivity contribution in [3.63, 3.8) is 0 Å². The number of nitrogens with zero attached hydrogens (tertiary/aromatic N) is 3. The Morgan fingerprint density at radius 3 is 2.52 bits per heavy atom. The first-order valence-electron chi connectivity index (χ1n) is 10.1. The molecule has 1 aromatic heterocycles. The van der Waals surface area contributed by atoms with Gasteiger partial charge >= 0.3 is 0 Å². The Morgan fingerprint density at radius 1 is 1.17 bits per heavy atom. The molecule has 2 rings (SSSR count). The normalized spacial score (nSPS) is 12.0. The summed E-state index contributed by atoms with van der Waals surface area (Å²) >= 11 is 0. The van der Waals surface area contributed by atoms with Crippen LogP contribution in [0.2, 0.25) is 0 Å². The van der Waals surface area contributed by atoms with E-state index in [9.17, 15) is 0 Å². The summed E-state index contributed by atoms with van der Waals surface area (Å²) in [5, 5.41) is 6.58. The molecule has 0 saturated heterocycles. The zero-order valence-electron chi connectivity index (χ0n) is 18.6. The van der Waals surface area contributed by atoms with Crippen LogP contribution < -0.4 is 10.6 Å². The molecule has 1 aromatic carbocycles. The molecule has 162 valence electrons. The third kappa shape index (κ3) is 8.74. The van der Waals surface area contributed by atoms with Gasteiger partial charge in [0.2, 0.25) is 5.89 Å². The minimum atomic E-state index is -0.0410. The summed E-state index contributed by atoms with van der Waals surface area (Å²) in [5.74, 6) is 2.31. The number of nitrogens with one attached hydrogen (secondary N) is 2. The number of halogens is 1. The third-order valence-electron chi connectivity index (χ3n) is 4.45.